The molecular weight excluding hydrogens is 192 g/mol. The van der Waals surface area contributed by atoms with E-state index in [2.05, 4.69) is 9.47 Å². The van der Waals surface area contributed by atoms with Crippen molar-refractivity contribution in [2.75, 3.05) is 27.4 Å². The van der Waals surface area contributed by atoms with E-state index in [9.17, 15) is 4.79 Å². The predicted octanol–water partition coefficient (Wildman–Crippen LogP) is 2.17. The van der Waals surface area contributed by atoms with Crippen molar-refractivity contribution in [1.29, 1.82) is 0 Å². The molecule has 3 nitrogen and oxygen atoms in total. The molecule has 0 aliphatic heterocycles. The van der Waals surface area contributed by atoms with Crippen molar-refractivity contribution in [3.63, 3.8) is 0 Å². The Labute approximate surface area is 91.0 Å². The van der Waals surface area contributed by atoms with Crippen molar-refractivity contribution in [3.8, 4) is 0 Å². The molecule has 3 heteroatoms. The summed E-state index contributed by atoms with van der Waals surface area (Å²) >= 11 is 0. The molecule has 0 heterocycles. The Bertz CT molecular complexity index is 253. The average molecular weight is 210 g/mol. The number of carbonyl (C=O) groups excluding carboxylic acids is 1. The molecule has 0 amide bonds. The van der Waals surface area contributed by atoms with E-state index < -0.39 is 0 Å². The maximum Gasteiger partial charge on any atom is 0.159 e. The van der Waals surface area contributed by atoms with Gasteiger partial charge in [0.05, 0.1) is 13.2 Å². The van der Waals surface area contributed by atoms with Gasteiger partial charge in [0.15, 0.2) is 5.78 Å². The minimum atomic E-state index is 0.121. The third-order valence-corrected chi connectivity index (χ3v) is 1.67. The Morgan fingerprint density at radius 3 is 1.80 bits per heavy atom. The molecule has 0 fully saturated rings. The maximum absolute atomic E-state index is 10.6. The van der Waals surface area contributed by atoms with Gasteiger partial charge in [-0.1, -0.05) is 30.3 Å². The number of Topliss-reactive ketones (excluding diaryl/α,β-unsaturated/α-hetero) is 1. The molecule has 0 unspecified atom stereocenters. The Morgan fingerprint density at radius 2 is 1.53 bits per heavy atom. The highest BCUT2D eigenvalue weighted by molar-refractivity contribution is 5.93. The summed E-state index contributed by atoms with van der Waals surface area (Å²) in [4.78, 5) is 10.6. The molecule has 0 bridgehead atoms. The van der Waals surface area contributed by atoms with Crippen molar-refractivity contribution in [2.45, 2.75) is 6.92 Å². The average Bonchev–Trinajstić information content (AvgIpc) is 2.28. The second-order valence-electron chi connectivity index (χ2n) is 2.91. The van der Waals surface area contributed by atoms with Crippen LogP contribution in [-0.4, -0.2) is 33.2 Å². The van der Waals surface area contributed by atoms with Crippen LogP contribution in [0, 0.1) is 0 Å². The molecule has 15 heavy (non-hydrogen) atoms. The summed E-state index contributed by atoms with van der Waals surface area (Å²) < 4.78 is 9.31. The number of hydrogen-bond acceptors (Lipinski definition) is 3. The first-order valence-electron chi connectivity index (χ1n) is 4.76. The van der Waals surface area contributed by atoms with Crippen LogP contribution in [0.25, 0.3) is 0 Å². The van der Waals surface area contributed by atoms with E-state index in [4.69, 9.17) is 0 Å². The second-order valence-corrected chi connectivity index (χ2v) is 2.91. The Morgan fingerprint density at radius 1 is 1.07 bits per heavy atom. The van der Waals surface area contributed by atoms with Gasteiger partial charge in [0, 0.05) is 19.8 Å². The number of rotatable bonds is 4. The van der Waals surface area contributed by atoms with Crippen molar-refractivity contribution in [3.05, 3.63) is 35.9 Å². The highest BCUT2D eigenvalue weighted by Gasteiger charge is 1.92. The first kappa shape index (κ1) is 13.8. The van der Waals surface area contributed by atoms with E-state index in [1.807, 2.05) is 30.3 Å². The number of ketones is 1. The maximum atomic E-state index is 10.6. The lowest BCUT2D eigenvalue weighted by atomic mass is 10.2. The zero-order valence-corrected chi connectivity index (χ0v) is 9.53. The smallest absolute Gasteiger partial charge is 0.159 e. The highest BCUT2D eigenvalue weighted by atomic mass is 16.5. The molecule has 1 aromatic rings. The van der Waals surface area contributed by atoms with Crippen LogP contribution >= 0.6 is 0 Å². The third kappa shape index (κ3) is 7.85. The lowest BCUT2D eigenvalue weighted by molar-refractivity contribution is 0.101. The van der Waals surface area contributed by atoms with Gasteiger partial charge in [-0.3, -0.25) is 4.79 Å². The standard InChI is InChI=1S/C8H8O.C4H10O2/c1-7(9)8-5-3-2-4-6-8;1-5-3-4-6-2/h2-6H,1H3;3-4H2,1-2H3. The quantitative estimate of drug-likeness (QED) is 0.564. The van der Waals surface area contributed by atoms with E-state index in [0.29, 0.717) is 13.2 Å². The summed E-state index contributed by atoms with van der Waals surface area (Å²) in [5.74, 6) is 0.121. The summed E-state index contributed by atoms with van der Waals surface area (Å²) in [7, 11) is 3.30. The minimum absolute atomic E-state index is 0.121. The van der Waals surface area contributed by atoms with Crippen molar-refractivity contribution in [1.82, 2.24) is 0 Å². The number of ether oxygens (including phenoxy) is 2. The molecule has 1 rings (SSSR count). The van der Waals surface area contributed by atoms with Crippen LogP contribution in [0.5, 0.6) is 0 Å². The largest absolute Gasteiger partial charge is 0.382 e. The topological polar surface area (TPSA) is 35.5 Å². The van der Waals surface area contributed by atoms with Gasteiger partial charge in [-0.05, 0) is 6.92 Å². The molecule has 0 radical (unpaired) electrons. The van der Waals surface area contributed by atoms with Crippen LogP contribution in [0.1, 0.15) is 17.3 Å². The van der Waals surface area contributed by atoms with Gasteiger partial charge in [-0.2, -0.15) is 0 Å². The zero-order chi connectivity index (χ0) is 11.5. The van der Waals surface area contributed by atoms with Crippen molar-refractivity contribution >= 4 is 5.78 Å². The molecule has 0 aromatic heterocycles. The van der Waals surface area contributed by atoms with E-state index in [-0.39, 0.29) is 5.78 Å². The van der Waals surface area contributed by atoms with Gasteiger partial charge in [-0.15, -0.1) is 0 Å². The van der Waals surface area contributed by atoms with Crippen LogP contribution in [0.4, 0.5) is 0 Å². The lowest BCUT2D eigenvalue weighted by Gasteiger charge is -1.91. The van der Waals surface area contributed by atoms with Crippen molar-refractivity contribution < 1.29 is 14.3 Å². The first-order chi connectivity index (χ1) is 7.22. The van der Waals surface area contributed by atoms with E-state index in [0.717, 1.165) is 5.56 Å². The van der Waals surface area contributed by atoms with Crippen LogP contribution in [0.2, 0.25) is 0 Å². The molecule has 0 atom stereocenters. The molecule has 0 aliphatic rings. The van der Waals surface area contributed by atoms with Gasteiger partial charge >= 0.3 is 0 Å². The summed E-state index contributed by atoms with van der Waals surface area (Å²) in [6.45, 7) is 2.95. The molecule has 84 valence electrons. The minimum Gasteiger partial charge on any atom is -0.382 e. The first-order valence-corrected chi connectivity index (χ1v) is 4.76. The number of hydrogen-bond donors (Lipinski definition) is 0. The fourth-order valence-corrected chi connectivity index (χ4v) is 0.840. The summed E-state index contributed by atoms with van der Waals surface area (Å²) in [5, 5.41) is 0. The fourth-order valence-electron chi connectivity index (χ4n) is 0.840. The molecule has 0 aliphatic carbocycles. The molecule has 1 aromatic carbocycles. The molecule has 0 N–H and O–H groups in total. The fraction of sp³-hybridized carbons (Fsp3) is 0.417. The van der Waals surface area contributed by atoms with E-state index in [1.165, 1.54) is 0 Å². The third-order valence-electron chi connectivity index (χ3n) is 1.67. The molecule has 0 saturated carbocycles. The summed E-state index contributed by atoms with van der Waals surface area (Å²) in [6.07, 6.45) is 0. The lowest BCUT2D eigenvalue weighted by Crippen LogP contribution is -1.96. The van der Waals surface area contributed by atoms with E-state index >= 15 is 0 Å². The van der Waals surface area contributed by atoms with Gasteiger partial charge < -0.3 is 9.47 Å². The van der Waals surface area contributed by atoms with Gasteiger partial charge in [-0.25, -0.2) is 0 Å². The van der Waals surface area contributed by atoms with Crippen LogP contribution < -0.4 is 0 Å². The number of benzene rings is 1. The van der Waals surface area contributed by atoms with Crippen LogP contribution in [0.3, 0.4) is 0 Å². The predicted molar refractivity (Wildman–Crippen MR) is 60.2 cm³/mol. The van der Waals surface area contributed by atoms with E-state index in [1.54, 1.807) is 21.1 Å². The zero-order valence-electron chi connectivity index (χ0n) is 9.53. The molecule has 0 spiro atoms. The SMILES string of the molecule is CC(=O)c1ccccc1.COCCOC. The number of methoxy groups -OCH3 is 2. The Hall–Kier alpha value is -1.19. The Balaban J connectivity index is 0.000000288. The Kier molecular flexibility index (Phi) is 8.63. The second kappa shape index (κ2) is 9.37. The van der Waals surface area contributed by atoms with Crippen LogP contribution in [-0.2, 0) is 9.47 Å². The molecular formula is C12H18O3. The monoisotopic (exact) mass is 210 g/mol. The summed E-state index contributed by atoms with van der Waals surface area (Å²) in [6, 6.07) is 9.23. The van der Waals surface area contributed by atoms with Crippen LogP contribution in [0.15, 0.2) is 30.3 Å². The number of carbonyl (C=O) groups is 1. The van der Waals surface area contributed by atoms with Gasteiger partial charge in [0.1, 0.15) is 0 Å². The van der Waals surface area contributed by atoms with Gasteiger partial charge in [0.25, 0.3) is 0 Å². The van der Waals surface area contributed by atoms with Gasteiger partial charge in [0.2, 0.25) is 0 Å². The normalized spacial score (nSPS) is 9.00. The highest BCUT2D eigenvalue weighted by Crippen LogP contribution is 1.97. The van der Waals surface area contributed by atoms with Crippen molar-refractivity contribution in [2.24, 2.45) is 0 Å². The molecule has 0 saturated heterocycles. The summed E-state index contributed by atoms with van der Waals surface area (Å²) in [5.41, 5.74) is 0.775.